The van der Waals surface area contributed by atoms with Crippen molar-refractivity contribution in [2.75, 3.05) is 5.32 Å². The fourth-order valence-electron chi connectivity index (χ4n) is 2.18. The molecule has 92 valence electrons. The number of aryl methyl sites for hydroxylation is 1. The molecule has 0 fully saturated rings. The van der Waals surface area contributed by atoms with Gasteiger partial charge in [0.1, 0.15) is 0 Å². The standard InChI is InChI=1S/C13H16BrNO2/c1-4-11(14)13(3)9-7-8(2)5-6-10(9)15-12(16)17-13/h5-7,11H,4H2,1-3H3,(H,15,16)/t11-,13-/m1/s1. The van der Waals surface area contributed by atoms with Gasteiger partial charge in [-0.05, 0) is 32.4 Å². The van der Waals surface area contributed by atoms with Crippen LogP contribution in [-0.2, 0) is 10.3 Å². The van der Waals surface area contributed by atoms with Crippen LogP contribution in [0.3, 0.4) is 0 Å². The number of ether oxygens (including phenoxy) is 1. The molecular weight excluding hydrogens is 282 g/mol. The molecule has 0 bridgehead atoms. The second kappa shape index (κ2) is 4.33. The average Bonchev–Trinajstić information content (AvgIpc) is 2.29. The van der Waals surface area contributed by atoms with Crippen molar-refractivity contribution in [1.82, 2.24) is 0 Å². The Balaban J connectivity index is 2.56. The summed E-state index contributed by atoms with van der Waals surface area (Å²) in [6, 6.07) is 5.98. The first-order valence-corrected chi connectivity index (χ1v) is 6.64. The van der Waals surface area contributed by atoms with Gasteiger partial charge in [0.2, 0.25) is 0 Å². The van der Waals surface area contributed by atoms with Gasteiger partial charge in [0.15, 0.2) is 5.60 Å². The predicted octanol–water partition coefficient (Wildman–Crippen LogP) is 3.95. The Morgan fingerprint density at radius 2 is 2.24 bits per heavy atom. The molecule has 1 heterocycles. The van der Waals surface area contributed by atoms with E-state index in [1.807, 2.05) is 26.0 Å². The molecular formula is C13H16BrNO2. The fourth-order valence-corrected chi connectivity index (χ4v) is 2.52. The average molecular weight is 298 g/mol. The number of fused-ring (bicyclic) bond motifs is 1. The molecule has 1 aromatic carbocycles. The Labute approximate surface area is 110 Å². The first-order chi connectivity index (χ1) is 7.97. The Morgan fingerprint density at radius 3 is 2.88 bits per heavy atom. The molecule has 1 aliphatic heterocycles. The molecule has 0 aliphatic carbocycles. The van der Waals surface area contributed by atoms with Crippen LogP contribution in [0.15, 0.2) is 18.2 Å². The number of anilines is 1. The number of halogens is 1. The predicted molar refractivity (Wildman–Crippen MR) is 71.6 cm³/mol. The van der Waals surface area contributed by atoms with Crippen molar-refractivity contribution in [2.45, 2.75) is 37.6 Å². The molecule has 1 aliphatic rings. The van der Waals surface area contributed by atoms with Gasteiger partial charge >= 0.3 is 6.09 Å². The first kappa shape index (κ1) is 12.4. The second-order valence-corrected chi connectivity index (χ2v) is 5.65. The zero-order valence-corrected chi connectivity index (χ0v) is 11.8. The van der Waals surface area contributed by atoms with Crippen LogP contribution in [0.5, 0.6) is 0 Å². The molecule has 2 rings (SSSR count). The lowest BCUT2D eigenvalue weighted by atomic mass is 9.87. The second-order valence-electron chi connectivity index (χ2n) is 4.55. The van der Waals surface area contributed by atoms with Crippen molar-refractivity contribution in [3.8, 4) is 0 Å². The minimum Gasteiger partial charge on any atom is -0.437 e. The van der Waals surface area contributed by atoms with E-state index in [2.05, 4.69) is 34.2 Å². The molecule has 1 N–H and O–H groups in total. The van der Waals surface area contributed by atoms with Gasteiger partial charge in [-0.15, -0.1) is 0 Å². The number of rotatable bonds is 2. The number of carbonyl (C=O) groups excluding carboxylic acids is 1. The number of nitrogens with one attached hydrogen (secondary N) is 1. The Hall–Kier alpha value is -1.03. The SMILES string of the molecule is CC[C@@H](Br)[C@]1(C)OC(=O)Nc2ccc(C)cc21. The van der Waals surface area contributed by atoms with E-state index in [0.717, 1.165) is 23.2 Å². The topological polar surface area (TPSA) is 38.3 Å². The summed E-state index contributed by atoms with van der Waals surface area (Å²) in [5.41, 5.74) is 2.41. The van der Waals surface area contributed by atoms with Crippen LogP contribution in [0.4, 0.5) is 10.5 Å². The largest absolute Gasteiger partial charge is 0.437 e. The number of hydrogen-bond acceptors (Lipinski definition) is 2. The van der Waals surface area contributed by atoms with Gasteiger partial charge < -0.3 is 4.74 Å². The van der Waals surface area contributed by atoms with Gasteiger partial charge in [-0.2, -0.15) is 0 Å². The maximum absolute atomic E-state index is 11.6. The van der Waals surface area contributed by atoms with Crippen molar-refractivity contribution in [2.24, 2.45) is 0 Å². The van der Waals surface area contributed by atoms with E-state index in [1.165, 1.54) is 0 Å². The third kappa shape index (κ3) is 2.06. The van der Waals surface area contributed by atoms with Crippen molar-refractivity contribution in [3.05, 3.63) is 29.3 Å². The minimum atomic E-state index is -0.613. The smallest absolute Gasteiger partial charge is 0.412 e. The summed E-state index contributed by atoms with van der Waals surface area (Å²) in [5, 5.41) is 2.74. The van der Waals surface area contributed by atoms with Gasteiger partial charge in [-0.3, -0.25) is 5.32 Å². The van der Waals surface area contributed by atoms with Crippen molar-refractivity contribution in [3.63, 3.8) is 0 Å². The minimum absolute atomic E-state index is 0.0987. The summed E-state index contributed by atoms with van der Waals surface area (Å²) in [6.07, 6.45) is 0.499. The van der Waals surface area contributed by atoms with E-state index in [9.17, 15) is 4.79 Å². The molecule has 0 saturated heterocycles. The summed E-state index contributed by atoms with van der Waals surface area (Å²) in [7, 11) is 0. The first-order valence-electron chi connectivity index (χ1n) is 5.72. The van der Waals surface area contributed by atoms with Crippen molar-refractivity contribution < 1.29 is 9.53 Å². The van der Waals surface area contributed by atoms with E-state index in [4.69, 9.17) is 4.74 Å². The molecule has 17 heavy (non-hydrogen) atoms. The number of amides is 1. The summed E-state index contributed by atoms with van der Waals surface area (Å²) < 4.78 is 5.51. The van der Waals surface area contributed by atoms with E-state index in [1.54, 1.807) is 0 Å². The van der Waals surface area contributed by atoms with Crippen LogP contribution in [0.1, 0.15) is 31.4 Å². The van der Waals surface area contributed by atoms with Gasteiger partial charge in [0.25, 0.3) is 0 Å². The van der Waals surface area contributed by atoms with Crippen LogP contribution in [-0.4, -0.2) is 10.9 Å². The molecule has 1 amide bonds. The molecule has 0 spiro atoms. The molecule has 1 aromatic rings. The molecule has 2 atom stereocenters. The van der Waals surface area contributed by atoms with Gasteiger partial charge in [0, 0.05) is 5.56 Å². The normalized spacial score (nSPS) is 24.6. The fraction of sp³-hybridized carbons (Fsp3) is 0.462. The van der Waals surface area contributed by atoms with Crippen molar-refractivity contribution >= 4 is 27.7 Å². The highest BCUT2D eigenvalue weighted by Crippen LogP contribution is 2.42. The summed E-state index contributed by atoms with van der Waals surface area (Å²) in [6.45, 7) is 6.05. The molecule has 0 unspecified atom stereocenters. The highest BCUT2D eigenvalue weighted by molar-refractivity contribution is 9.09. The summed E-state index contributed by atoms with van der Waals surface area (Å²) in [5.74, 6) is 0. The number of benzene rings is 1. The molecule has 0 aromatic heterocycles. The lowest BCUT2D eigenvalue weighted by Crippen LogP contribution is -2.43. The highest BCUT2D eigenvalue weighted by atomic mass is 79.9. The zero-order chi connectivity index (χ0) is 12.6. The van der Waals surface area contributed by atoms with E-state index in [0.29, 0.717) is 0 Å². The number of hydrogen-bond donors (Lipinski definition) is 1. The Kier molecular flexibility index (Phi) is 3.17. The third-order valence-corrected chi connectivity index (χ3v) is 4.73. The van der Waals surface area contributed by atoms with E-state index >= 15 is 0 Å². The maximum Gasteiger partial charge on any atom is 0.412 e. The lowest BCUT2D eigenvalue weighted by Gasteiger charge is -2.39. The van der Waals surface area contributed by atoms with Crippen LogP contribution in [0, 0.1) is 6.92 Å². The summed E-state index contributed by atoms with van der Waals surface area (Å²) >= 11 is 3.61. The summed E-state index contributed by atoms with van der Waals surface area (Å²) in [4.78, 5) is 11.7. The lowest BCUT2D eigenvalue weighted by molar-refractivity contribution is 0.0256. The van der Waals surface area contributed by atoms with E-state index < -0.39 is 5.60 Å². The van der Waals surface area contributed by atoms with Crippen LogP contribution < -0.4 is 5.32 Å². The Morgan fingerprint density at radius 1 is 1.53 bits per heavy atom. The Bertz CT molecular complexity index is 461. The molecule has 0 saturated carbocycles. The van der Waals surface area contributed by atoms with Crippen LogP contribution >= 0.6 is 15.9 Å². The highest BCUT2D eigenvalue weighted by Gasteiger charge is 2.42. The molecule has 3 nitrogen and oxygen atoms in total. The molecule has 0 radical (unpaired) electrons. The van der Waals surface area contributed by atoms with Crippen LogP contribution in [0.2, 0.25) is 0 Å². The molecule has 4 heteroatoms. The van der Waals surface area contributed by atoms with Crippen molar-refractivity contribution in [1.29, 1.82) is 0 Å². The van der Waals surface area contributed by atoms with Gasteiger partial charge in [-0.1, -0.05) is 34.5 Å². The quantitative estimate of drug-likeness (QED) is 0.840. The third-order valence-electron chi connectivity index (χ3n) is 3.21. The van der Waals surface area contributed by atoms with E-state index in [-0.39, 0.29) is 10.9 Å². The number of cyclic esters (lactones) is 1. The number of carbonyl (C=O) groups is 1. The monoisotopic (exact) mass is 297 g/mol. The van der Waals surface area contributed by atoms with Crippen LogP contribution in [0.25, 0.3) is 0 Å². The van der Waals surface area contributed by atoms with Gasteiger partial charge in [-0.25, -0.2) is 4.79 Å². The zero-order valence-electron chi connectivity index (χ0n) is 10.2. The number of alkyl halides is 1. The van der Waals surface area contributed by atoms with Gasteiger partial charge in [0.05, 0.1) is 10.5 Å². The maximum atomic E-state index is 11.6.